The highest BCUT2D eigenvalue weighted by Crippen LogP contribution is 2.32. The average Bonchev–Trinajstić information content (AvgIpc) is 2.78. The lowest BCUT2D eigenvalue weighted by molar-refractivity contribution is -0.279. The van der Waals surface area contributed by atoms with Gasteiger partial charge in [-0.25, -0.2) is 0 Å². The molecule has 1 fully saturated rings. The van der Waals surface area contributed by atoms with Gasteiger partial charge < -0.3 is 28.4 Å². The van der Waals surface area contributed by atoms with E-state index in [2.05, 4.69) is 22.6 Å². The molecule has 0 bridgehead atoms. The van der Waals surface area contributed by atoms with Gasteiger partial charge in [-0.3, -0.25) is 14.4 Å². The second-order valence-corrected chi connectivity index (χ2v) is 8.30. The number of ether oxygens (including phenoxy) is 6. The average molecular weight is 584 g/mol. The van der Waals surface area contributed by atoms with E-state index in [1.807, 2.05) is 30.3 Å². The minimum Gasteiger partial charge on any atom is -0.461 e. The van der Waals surface area contributed by atoms with Crippen LogP contribution in [0.15, 0.2) is 54.6 Å². The van der Waals surface area contributed by atoms with E-state index < -0.39 is 48.6 Å². The Bertz CT molecular complexity index is 980. The highest BCUT2D eigenvalue weighted by atomic mass is 127. The molecule has 0 spiro atoms. The van der Waals surface area contributed by atoms with Gasteiger partial charge in [0, 0.05) is 25.2 Å². The summed E-state index contributed by atoms with van der Waals surface area (Å²) in [6, 6.07) is 16.1. The van der Waals surface area contributed by atoms with Crippen molar-refractivity contribution in [2.75, 3.05) is 4.43 Å². The maximum Gasteiger partial charge on any atom is 0.303 e. The minimum atomic E-state index is -1.18. The molecule has 5 unspecified atom stereocenters. The number of carbonyl (C=O) groups excluding carboxylic acids is 3. The number of hydrogen-bond acceptors (Lipinski definition) is 9. The Morgan fingerprint density at radius 3 is 1.79 bits per heavy atom. The van der Waals surface area contributed by atoms with Crippen molar-refractivity contribution < 1.29 is 42.8 Å². The second kappa shape index (κ2) is 12.0. The standard InChI is InChI=1S/C24H25IO9/c1-14(26)29-21-20(13-25)34-24(23(31-16(3)28)22(21)30-15(2)27)33-19-11-9-18(10-12-19)32-17-7-5-4-6-8-17/h4-12,20-24H,13H2,1-3H3. The van der Waals surface area contributed by atoms with Crippen molar-refractivity contribution in [1.29, 1.82) is 0 Å². The molecule has 0 aliphatic carbocycles. The van der Waals surface area contributed by atoms with Gasteiger partial charge in [0.2, 0.25) is 12.4 Å². The molecule has 0 radical (unpaired) electrons. The molecule has 5 atom stereocenters. The van der Waals surface area contributed by atoms with E-state index in [1.165, 1.54) is 20.8 Å². The molecule has 2 aromatic rings. The summed E-state index contributed by atoms with van der Waals surface area (Å²) in [6.07, 6.45) is -5.08. The predicted octanol–water partition coefficient (Wildman–Crippen LogP) is 3.81. The first-order chi connectivity index (χ1) is 16.3. The smallest absolute Gasteiger partial charge is 0.303 e. The summed E-state index contributed by atoms with van der Waals surface area (Å²) in [5, 5.41) is 0. The minimum absolute atomic E-state index is 0.393. The molecule has 9 nitrogen and oxygen atoms in total. The fourth-order valence-corrected chi connectivity index (χ4v) is 4.13. The number of carbonyl (C=O) groups is 3. The van der Waals surface area contributed by atoms with Gasteiger partial charge in [-0.15, -0.1) is 0 Å². The van der Waals surface area contributed by atoms with Crippen LogP contribution in [0.4, 0.5) is 0 Å². The van der Waals surface area contributed by atoms with Crippen molar-refractivity contribution in [1.82, 2.24) is 0 Å². The van der Waals surface area contributed by atoms with Crippen LogP contribution in [-0.4, -0.2) is 53.0 Å². The van der Waals surface area contributed by atoms with Crippen molar-refractivity contribution >= 4 is 40.5 Å². The highest BCUT2D eigenvalue weighted by Gasteiger charge is 2.52. The first kappa shape index (κ1) is 25.8. The van der Waals surface area contributed by atoms with Crippen LogP contribution in [0.3, 0.4) is 0 Å². The molecule has 0 amide bonds. The zero-order valence-corrected chi connectivity index (χ0v) is 21.0. The van der Waals surface area contributed by atoms with Crippen LogP contribution in [0.1, 0.15) is 20.8 Å². The molecule has 0 N–H and O–H groups in total. The first-order valence-corrected chi connectivity index (χ1v) is 12.0. The van der Waals surface area contributed by atoms with E-state index in [0.717, 1.165) is 0 Å². The van der Waals surface area contributed by atoms with Gasteiger partial charge in [0.15, 0.2) is 12.2 Å². The number of halogens is 1. The Morgan fingerprint density at radius 1 is 0.735 bits per heavy atom. The zero-order valence-electron chi connectivity index (χ0n) is 18.8. The molecule has 10 heteroatoms. The first-order valence-electron chi connectivity index (χ1n) is 10.5. The van der Waals surface area contributed by atoms with E-state index in [-0.39, 0.29) is 0 Å². The van der Waals surface area contributed by atoms with Crippen LogP contribution in [0.2, 0.25) is 0 Å². The predicted molar refractivity (Wildman–Crippen MR) is 128 cm³/mol. The third-order valence-electron chi connectivity index (χ3n) is 4.70. The van der Waals surface area contributed by atoms with Crippen LogP contribution < -0.4 is 9.47 Å². The summed E-state index contributed by atoms with van der Waals surface area (Å²) in [4.78, 5) is 35.4. The number of alkyl halides is 1. The maximum absolute atomic E-state index is 11.8. The van der Waals surface area contributed by atoms with Gasteiger partial charge in [-0.2, -0.15) is 0 Å². The number of para-hydroxylation sites is 1. The summed E-state index contributed by atoms with van der Waals surface area (Å²) in [6.45, 7) is 3.66. The number of esters is 3. The van der Waals surface area contributed by atoms with Crippen molar-refractivity contribution in [2.24, 2.45) is 0 Å². The molecular formula is C24H25IO9. The molecule has 3 rings (SSSR count). The zero-order chi connectivity index (χ0) is 24.7. The quantitative estimate of drug-likeness (QED) is 0.198. The van der Waals surface area contributed by atoms with Crippen molar-refractivity contribution in [3.63, 3.8) is 0 Å². The van der Waals surface area contributed by atoms with E-state index in [9.17, 15) is 14.4 Å². The molecule has 34 heavy (non-hydrogen) atoms. The Kier molecular flexibility index (Phi) is 9.11. The molecule has 1 saturated heterocycles. The van der Waals surface area contributed by atoms with E-state index >= 15 is 0 Å². The number of hydrogen-bond donors (Lipinski definition) is 0. The number of benzene rings is 2. The van der Waals surface area contributed by atoms with Gasteiger partial charge in [0.1, 0.15) is 23.4 Å². The fourth-order valence-electron chi connectivity index (χ4n) is 3.42. The van der Waals surface area contributed by atoms with Gasteiger partial charge in [-0.1, -0.05) is 40.8 Å². The Labute approximate surface area is 210 Å². The van der Waals surface area contributed by atoms with Crippen LogP contribution in [-0.2, 0) is 33.3 Å². The summed E-state index contributed by atoms with van der Waals surface area (Å²) in [5.74, 6) is -0.169. The Balaban J connectivity index is 1.83. The van der Waals surface area contributed by atoms with Crippen molar-refractivity contribution in [3.05, 3.63) is 54.6 Å². The molecule has 1 aliphatic heterocycles. The van der Waals surface area contributed by atoms with Gasteiger partial charge in [0.25, 0.3) is 0 Å². The topological polar surface area (TPSA) is 107 Å². The molecule has 0 aromatic heterocycles. The van der Waals surface area contributed by atoms with E-state index in [0.29, 0.717) is 21.7 Å². The third kappa shape index (κ3) is 7.07. The molecule has 1 aliphatic rings. The monoisotopic (exact) mass is 584 g/mol. The summed E-state index contributed by atoms with van der Waals surface area (Å²) in [7, 11) is 0. The molecule has 182 valence electrons. The van der Waals surface area contributed by atoms with Gasteiger partial charge in [0.05, 0.1) is 0 Å². The van der Waals surface area contributed by atoms with Crippen LogP contribution >= 0.6 is 22.6 Å². The molecule has 2 aromatic carbocycles. The summed E-state index contributed by atoms with van der Waals surface area (Å²) in [5.41, 5.74) is 0. The number of rotatable bonds is 8. The second-order valence-electron chi connectivity index (χ2n) is 7.42. The Hall–Kier alpha value is -2.86. The van der Waals surface area contributed by atoms with Crippen LogP contribution in [0.25, 0.3) is 0 Å². The van der Waals surface area contributed by atoms with E-state index in [4.69, 9.17) is 28.4 Å². The van der Waals surface area contributed by atoms with Crippen molar-refractivity contribution in [3.8, 4) is 17.2 Å². The lowest BCUT2D eigenvalue weighted by atomic mass is 9.99. The summed E-state index contributed by atoms with van der Waals surface area (Å²) >= 11 is 2.06. The van der Waals surface area contributed by atoms with Crippen molar-refractivity contribution in [2.45, 2.75) is 51.5 Å². The molecular weight excluding hydrogens is 559 g/mol. The van der Waals surface area contributed by atoms with Crippen LogP contribution in [0.5, 0.6) is 17.2 Å². The maximum atomic E-state index is 11.8. The molecule has 0 saturated carbocycles. The summed E-state index contributed by atoms with van der Waals surface area (Å²) < 4.78 is 34.4. The Morgan fingerprint density at radius 2 is 1.24 bits per heavy atom. The third-order valence-corrected chi connectivity index (χ3v) is 5.57. The van der Waals surface area contributed by atoms with Crippen LogP contribution in [0, 0.1) is 0 Å². The highest BCUT2D eigenvalue weighted by molar-refractivity contribution is 14.1. The van der Waals surface area contributed by atoms with Gasteiger partial charge >= 0.3 is 17.9 Å². The SMILES string of the molecule is CC(=O)OC1C(CI)OC(Oc2ccc(Oc3ccccc3)cc2)C(OC(C)=O)C1OC(C)=O. The molecule has 1 heterocycles. The fraction of sp³-hybridized carbons (Fsp3) is 0.375. The van der Waals surface area contributed by atoms with E-state index in [1.54, 1.807) is 24.3 Å². The lowest BCUT2D eigenvalue weighted by Crippen LogP contribution is -2.63. The normalized spacial score (nSPS) is 23.9. The lowest BCUT2D eigenvalue weighted by Gasteiger charge is -2.43. The van der Waals surface area contributed by atoms with Gasteiger partial charge in [-0.05, 0) is 36.4 Å². The largest absolute Gasteiger partial charge is 0.461 e.